The van der Waals surface area contributed by atoms with Crippen molar-refractivity contribution in [1.82, 2.24) is 4.57 Å². The molecule has 0 saturated carbocycles. The van der Waals surface area contributed by atoms with Crippen LogP contribution in [0, 0.1) is 18.3 Å². The molecule has 2 aromatic rings. The number of benzene rings is 1. The highest BCUT2D eigenvalue weighted by Crippen LogP contribution is 2.31. The van der Waals surface area contributed by atoms with Gasteiger partial charge in [0.25, 0.3) is 0 Å². The first-order valence-corrected chi connectivity index (χ1v) is 5.63. The number of hydrogen-bond acceptors (Lipinski definition) is 3. The molecule has 1 unspecified atom stereocenters. The molecule has 0 aliphatic heterocycles. The van der Waals surface area contributed by atoms with Gasteiger partial charge in [0.05, 0.1) is 13.2 Å². The van der Waals surface area contributed by atoms with Crippen molar-refractivity contribution in [3.05, 3.63) is 35.5 Å². The minimum absolute atomic E-state index is 0.517. The summed E-state index contributed by atoms with van der Waals surface area (Å²) in [4.78, 5) is 11.7. The van der Waals surface area contributed by atoms with Gasteiger partial charge in [0.2, 0.25) is 0 Å². The summed E-state index contributed by atoms with van der Waals surface area (Å²) in [6, 6.07) is 9.75. The molecule has 1 atom stereocenters. The molecule has 2 rings (SSSR count). The summed E-state index contributed by atoms with van der Waals surface area (Å²) in [5.74, 6) is -1.39. The molecule has 0 aliphatic rings. The summed E-state index contributed by atoms with van der Waals surface area (Å²) in [5.41, 5.74) is 2.66. The number of hydrogen-bond donors (Lipinski definition) is 0. The van der Waals surface area contributed by atoms with E-state index in [4.69, 9.17) is 4.74 Å². The largest absolute Gasteiger partial charge is 0.468 e. The fraction of sp³-hybridized carbons (Fsp3) is 0.286. The molecule has 0 radical (unpaired) electrons. The molecule has 1 aromatic heterocycles. The Balaban J connectivity index is 2.75. The van der Waals surface area contributed by atoms with Crippen molar-refractivity contribution in [3.8, 4) is 6.07 Å². The molecule has 4 heteroatoms. The van der Waals surface area contributed by atoms with Crippen molar-refractivity contribution in [1.29, 1.82) is 5.26 Å². The first-order valence-electron chi connectivity index (χ1n) is 5.63. The lowest BCUT2D eigenvalue weighted by molar-refractivity contribution is -0.140. The molecule has 0 fully saturated rings. The summed E-state index contributed by atoms with van der Waals surface area (Å²) in [7, 11) is 3.22. The van der Waals surface area contributed by atoms with Crippen LogP contribution in [0.15, 0.2) is 24.3 Å². The first-order chi connectivity index (χ1) is 8.61. The van der Waals surface area contributed by atoms with E-state index in [0.717, 1.165) is 22.2 Å². The highest BCUT2D eigenvalue weighted by Gasteiger charge is 2.27. The molecule has 0 aliphatic carbocycles. The molecule has 92 valence electrons. The van der Waals surface area contributed by atoms with Gasteiger partial charge in [-0.15, -0.1) is 0 Å². The van der Waals surface area contributed by atoms with Crippen LogP contribution in [0.4, 0.5) is 0 Å². The van der Waals surface area contributed by atoms with Crippen LogP contribution in [0.2, 0.25) is 0 Å². The van der Waals surface area contributed by atoms with E-state index in [1.54, 1.807) is 0 Å². The van der Waals surface area contributed by atoms with E-state index in [0.29, 0.717) is 0 Å². The number of rotatable bonds is 2. The van der Waals surface area contributed by atoms with E-state index < -0.39 is 11.9 Å². The fourth-order valence-corrected chi connectivity index (χ4v) is 2.27. The fourth-order valence-electron chi connectivity index (χ4n) is 2.27. The van der Waals surface area contributed by atoms with Crippen LogP contribution in [-0.4, -0.2) is 17.6 Å². The van der Waals surface area contributed by atoms with Crippen molar-refractivity contribution < 1.29 is 9.53 Å². The van der Waals surface area contributed by atoms with E-state index in [2.05, 4.69) is 0 Å². The van der Waals surface area contributed by atoms with Gasteiger partial charge in [0, 0.05) is 29.2 Å². The maximum Gasteiger partial charge on any atom is 0.327 e. The van der Waals surface area contributed by atoms with Crippen molar-refractivity contribution in [2.75, 3.05) is 7.11 Å². The summed E-state index contributed by atoms with van der Waals surface area (Å²) in [6.07, 6.45) is 0. The average Bonchev–Trinajstić information content (AvgIpc) is 2.65. The quantitative estimate of drug-likeness (QED) is 0.759. The number of methoxy groups -OCH3 is 1. The molecular formula is C14H14N2O2. The maximum atomic E-state index is 11.7. The van der Waals surface area contributed by atoms with Gasteiger partial charge in [0.15, 0.2) is 5.92 Å². The molecular weight excluding hydrogens is 228 g/mol. The lowest BCUT2D eigenvalue weighted by Crippen LogP contribution is -2.13. The summed E-state index contributed by atoms with van der Waals surface area (Å²) < 4.78 is 6.68. The molecule has 0 amide bonds. The van der Waals surface area contributed by atoms with E-state index in [9.17, 15) is 10.1 Å². The number of para-hydroxylation sites is 1. The van der Waals surface area contributed by atoms with Gasteiger partial charge in [-0.2, -0.15) is 5.26 Å². The third kappa shape index (κ3) is 1.65. The SMILES string of the molecule is COC(=O)C(C#N)c1c(C)n(C)c2ccccc12. The number of aryl methyl sites for hydroxylation is 1. The summed E-state index contributed by atoms with van der Waals surface area (Å²) in [6.45, 7) is 1.91. The van der Waals surface area contributed by atoms with Crippen LogP contribution in [-0.2, 0) is 16.6 Å². The third-order valence-corrected chi connectivity index (χ3v) is 3.30. The predicted octanol–water partition coefficient (Wildman–Crippen LogP) is 2.27. The van der Waals surface area contributed by atoms with Gasteiger partial charge < -0.3 is 9.30 Å². The zero-order chi connectivity index (χ0) is 13.3. The Morgan fingerprint density at radius 3 is 2.72 bits per heavy atom. The minimum atomic E-state index is -0.874. The number of ether oxygens (including phenoxy) is 1. The molecule has 4 nitrogen and oxygen atoms in total. The molecule has 1 heterocycles. The van der Waals surface area contributed by atoms with Crippen molar-refractivity contribution in [2.45, 2.75) is 12.8 Å². The second-order valence-corrected chi connectivity index (χ2v) is 4.16. The van der Waals surface area contributed by atoms with Crippen LogP contribution >= 0.6 is 0 Å². The van der Waals surface area contributed by atoms with Gasteiger partial charge in [-0.1, -0.05) is 18.2 Å². The lowest BCUT2D eigenvalue weighted by Gasteiger charge is -2.07. The maximum absolute atomic E-state index is 11.7. The van der Waals surface area contributed by atoms with Crippen LogP contribution in [0.25, 0.3) is 10.9 Å². The average molecular weight is 242 g/mol. The minimum Gasteiger partial charge on any atom is -0.468 e. The van der Waals surface area contributed by atoms with Crippen LogP contribution in [0.1, 0.15) is 17.2 Å². The topological polar surface area (TPSA) is 55.0 Å². The Kier molecular flexibility index (Phi) is 3.07. The highest BCUT2D eigenvalue weighted by atomic mass is 16.5. The predicted molar refractivity (Wildman–Crippen MR) is 68.0 cm³/mol. The molecule has 0 spiro atoms. The molecule has 0 bridgehead atoms. The zero-order valence-corrected chi connectivity index (χ0v) is 10.6. The lowest BCUT2D eigenvalue weighted by atomic mass is 9.97. The number of nitrogens with zero attached hydrogens (tertiary/aromatic N) is 2. The normalized spacial score (nSPS) is 12.1. The Morgan fingerprint density at radius 1 is 1.44 bits per heavy atom. The molecule has 1 aromatic carbocycles. The number of esters is 1. The molecule has 18 heavy (non-hydrogen) atoms. The summed E-state index contributed by atoms with van der Waals surface area (Å²) >= 11 is 0. The smallest absolute Gasteiger partial charge is 0.327 e. The molecule has 0 saturated heterocycles. The second kappa shape index (κ2) is 4.53. The number of carbonyl (C=O) groups is 1. The van der Waals surface area contributed by atoms with Gasteiger partial charge in [0.1, 0.15) is 0 Å². The number of nitriles is 1. The van der Waals surface area contributed by atoms with Gasteiger partial charge in [-0.25, -0.2) is 0 Å². The number of carbonyl (C=O) groups excluding carboxylic acids is 1. The Morgan fingerprint density at radius 2 is 2.11 bits per heavy atom. The van der Waals surface area contributed by atoms with E-state index in [-0.39, 0.29) is 0 Å². The van der Waals surface area contributed by atoms with Crippen molar-refractivity contribution >= 4 is 16.9 Å². The number of aromatic nitrogens is 1. The second-order valence-electron chi connectivity index (χ2n) is 4.16. The van der Waals surface area contributed by atoms with Crippen LogP contribution in [0.5, 0.6) is 0 Å². The third-order valence-electron chi connectivity index (χ3n) is 3.30. The van der Waals surface area contributed by atoms with Crippen molar-refractivity contribution in [3.63, 3.8) is 0 Å². The van der Waals surface area contributed by atoms with Gasteiger partial charge in [-0.3, -0.25) is 4.79 Å². The van der Waals surface area contributed by atoms with E-state index >= 15 is 0 Å². The Hall–Kier alpha value is -2.28. The standard InChI is InChI=1S/C14H14N2O2/c1-9-13(11(8-15)14(17)18-3)10-6-4-5-7-12(10)16(9)2/h4-7,11H,1-3H3. The Labute approximate surface area is 105 Å². The van der Waals surface area contributed by atoms with Gasteiger partial charge >= 0.3 is 5.97 Å². The highest BCUT2D eigenvalue weighted by molar-refractivity contribution is 5.93. The monoisotopic (exact) mass is 242 g/mol. The molecule has 0 N–H and O–H groups in total. The van der Waals surface area contributed by atoms with Crippen LogP contribution < -0.4 is 0 Å². The van der Waals surface area contributed by atoms with E-state index in [1.807, 2.05) is 48.9 Å². The summed E-state index contributed by atoms with van der Waals surface area (Å²) in [5, 5.41) is 10.1. The first kappa shape index (κ1) is 12.2. The van der Waals surface area contributed by atoms with Gasteiger partial charge in [-0.05, 0) is 13.0 Å². The van der Waals surface area contributed by atoms with E-state index in [1.165, 1.54) is 7.11 Å². The zero-order valence-electron chi connectivity index (χ0n) is 10.6. The number of fused-ring (bicyclic) bond motifs is 1. The van der Waals surface area contributed by atoms with Crippen molar-refractivity contribution in [2.24, 2.45) is 7.05 Å². The van der Waals surface area contributed by atoms with Crippen LogP contribution in [0.3, 0.4) is 0 Å². The Bertz CT molecular complexity index is 650.